The standard InChI is InChI=1S/C22H31N3O3/c1-16-15-28-20-10-9-17(21(26)24-11-5-6-12-24)13-18(20)14-25(16)22(27)23-19-7-3-2-4-8-19/h9-10,13,16,19H,2-8,11-12,14-15H2,1H3,(H,23,27)/t16-/m0/s1. The van der Waals surface area contributed by atoms with Crippen molar-refractivity contribution in [2.24, 2.45) is 0 Å². The number of ether oxygens (including phenoxy) is 1. The van der Waals surface area contributed by atoms with E-state index in [-0.39, 0.29) is 24.0 Å². The van der Waals surface area contributed by atoms with E-state index in [2.05, 4.69) is 5.32 Å². The Hall–Kier alpha value is -2.24. The molecule has 1 aromatic rings. The van der Waals surface area contributed by atoms with Gasteiger partial charge in [0.05, 0.1) is 12.6 Å². The molecule has 0 aromatic heterocycles. The Balaban J connectivity index is 1.50. The lowest BCUT2D eigenvalue weighted by atomic mass is 9.96. The number of rotatable bonds is 2. The highest BCUT2D eigenvalue weighted by molar-refractivity contribution is 5.94. The normalized spacial score (nSPS) is 23.0. The second kappa shape index (κ2) is 8.41. The summed E-state index contributed by atoms with van der Waals surface area (Å²) in [4.78, 5) is 29.5. The number of urea groups is 1. The van der Waals surface area contributed by atoms with Crippen LogP contribution in [0.1, 0.15) is 67.8 Å². The summed E-state index contributed by atoms with van der Waals surface area (Å²) in [5.74, 6) is 0.855. The summed E-state index contributed by atoms with van der Waals surface area (Å²) in [7, 11) is 0. The van der Waals surface area contributed by atoms with Gasteiger partial charge in [0.25, 0.3) is 5.91 Å². The van der Waals surface area contributed by atoms with Crippen LogP contribution in [-0.2, 0) is 6.54 Å². The summed E-state index contributed by atoms with van der Waals surface area (Å²) in [6.07, 6.45) is 7.92. The molecule has 1 aliphatic carbocycles. The number of benzene rings is 1. The Kier molecular flexibility index (Phi) is 5.74. The molecule has 3 aliphatic rings. The largest absolute Gasteiger partial charge is 0.491 e. The van der Waals surface area contributed by atoms with Crippen LogP contribution in [0.5, 0.6) is 5.75 Å². The van der Waals surface area contributed by atoms with Crippen molar-refractivity contribution in [3.8, 4) is 5.75 Å². The molecule has 1 atom stereocenters. The van der Waals surface area contributed by atoms with E-state index in [0.717, 1.165) is 50.1 Å². The van der Waals surface area contributed by atoms with Gasteiger partial charge < -0.3 is 19.9 Å². The average molecular weight is 386 g/mol. The highest BCUT2D eigenvalue weighted by Gasteiger charge is 2.29. The number of amides is 3. The Bertz CT molecular complexity index is 724. The summed E-state index contributed by atoms with van der Waals surface area (Å²) in [5.41, 5.74) is 1.60. The lowest BCUT2D eigenvalue weighted by Gasteiger charge is -2.30. The van der Waals surface area contributed by atoms with E-state index in [0.29, 0.717) is 18.7 Å². The van der Waals surface area contributed by atoms with Gasteiger partial charge in [-0.05, 0) is 50.8 Å². The Labute approximate surface area is 167 Å². The van der Waals surface area contributed by atoms with Gasteiger partial charge >= 0.3 is 6.03 Å². The second-order valence-electron chi connectivity index (χ2n) is 8.39. The minimum atomic E-state index is -0.0212. The summed E-state index contributed by atoms with van der Waals surface area (Å²) < 4.78 is 5.94. The van der Waals surface area contributed by atoms with Gasteiger partial charge in [0.15, 0.2) is 0 Å². The van der Waals surface area contributed by atoms with Crippen LogP contribution in [0.3, 0.4) is 0 Å². The minimum absolute atomic E-state index is 0.0197. The molecule has 152 valence electrons. The number of nitrogens with zero attached hydrogens (tertiary/aromatic N) is 2. The number of nitrogens with one attached hydrogen (secondary N) is 1. The van der Waals surface area contributed by atoms with Gasteiger partial charge in [-0.15, -0.1) is 0 Å². The molecular formula is C22H31N3O3. The molecule has 0 radical (unpaired) electrons. The van der Waals surface area contributed by atoms with Crippen molar-refractivity contribution in [3.63, 3.8) is 0 Å². The zero-order chi connectivity index (χ0) is 19.5. The second-order valence-corrected chi connectivity index (χ2v) is 8.39. The van der Waals surface area contributed by atoms with Crippen molar-refractivity contribution in [1.82, 2.24) is 15.1 Å². The van der Waals surface area contributed by atoms with E-state index >= 15 is 0 Å². The van der Waals surface area contributed by atoms with E-state index in [1.165, 1.54) is 19.3 Å². The maximum atomic E-state index is 13.0. The van der Waals surface area contributed by atoms with Crippen LogP contribution in [-0.4, -0.2) is 53.5 Å². The summed E-state index contributed by atoms with van der Waals surface area (Å²) >= 11 is 0. The molecule has 0 spiro atoms. The maximum absolute atomic E-state index is 13.0. The molecule has 3 amide bonds. The predicted octanol–water partition coefficient (Wildman–Crippen LogP) is 3.55. The van der Waals surface area contributed by atoms with Gasteiger partial charge in [0.2, 0.25) is 0 Å². The quantitative estimate of drug-likeness (QED) is 0.847. The van der Waals surface area contributed by atoms with E-state index in [1.54, 1.807) is 0 Å². The maximum Gasteiger partial charge on any atom is 0.318 e. The molecule has 0 unspecified atom stereocenters. The first kappa shape index (κ1) is 19.1. The number of likely N-dealkylation sites (tertiary alicyclic amines) is 1. The molecule has 4 rings (SSSR count). The van der Waals surface area contributed by atoms with Gasteiger partial charge in [0, 0.05) is 30.3 Å². The number of hydrogen-bond donors (Lipinski definition) is 1. The van der Waals surface area contributed by atoms with Crippen LogP contribution in [0.25, 0.3) is 0 Å². The molecule has 28 heavy (non-hydrogen) atoms. The number of carbonyl (C=O) groups is 2. The summed E-state index contributed by atoms with van der Waals surface area (Å²) in [6.45, 7) is 4.61. The van der Waals surface area contributed by atoms with Crippen molar-refractivity contribution in [1.29, 1.82) is 0 Å². The highest BCUT2D eigenvalue weighted by atomic mass is 16.5. The van der Waals surface area contributed by atoms with Gasteiger partial charge in [0.1, 0.15) is 12.4 Å². The topological polar surface area (TPSA) is 61.9 Å². The van der Waals surface area contributed by atoms with Crippen LogP contribution in [0, 0.1) is 0 Å². The number of carbonyl (C=O) groups excluding carboxylic acids is 2. The smallest absolute Gasteiger partial charge is 0.318 e. The minimum Gasteiger partial charge on any atom is -0.491 e. The van der Waals surface area contributed by atoms with E-state index in [1.807, 2.05) is 34.9 Å². The van der Waals surface area contributed by atoms with Gasteiger partial charge in [-0.1, -0.05) is 19.3 Å². The van der Waals surface area contributed by atoms with Gasteiger partial charge in [-0.3, -0.25) is 4.79 Å². The Morgan fingerprint density at radius 3 is 2.57 bits per heavy atom. The SMILES string of the molecule is C[C@H]1COc2ccc(C(=O)N3CCCC3)cc2CN1C(=O)NC1CCCCC1. The molecule has 1 saturated heterocycles. The lowest BCUT2D eigenvalue weighted by molar-refractivity contribution is 0.0792. The lowest BCUT2D eigenvalue weighted by Crippen LogP contribution is -2.49. The Morgan fingerprint density at radius 1 is 1.07 bits per heavy atom. The van der Waals surface area contributed by atoms with Crippen molar-refractivity contribution in [3.05, 3.63) is 29.3 Å². The van der Waals surface area contributed by atoms with Crippen LogP contribution < -0.4 is 10.1 Å². The zero-order valence-electron chi connectivity index (χ0n) is 16.8. The van der Waals surface area contributed by atoms with E-state index in [4.69, 9.17) is 4.74 Å². The van der Waals surface area contributed by atoms with Crippen molar-refractivity contribution in [2.45, 2.75) is 70.5 Å². The fourth-order valence-corrected chi connectivity index (χ4v) is 4.50. The monoisotopic (exact) mass is 385 g/mol. The van der Waals surface area contributed by atoms with Gasteiger partial charge in [-0.25, -0.2) is 4.79 Å². The van der Waals surface area contributed by atoms with Crippen LogP contribution >= 0.6 is 0 Å². The number of fused-ring (bicyclic) bond motifs is 1. The average Bonchev–Trinajstić information content (AvgIpc) is 3.20. The highest BCUT2D eigenvalue weighted by Crippen LogP contribution is 2.28. The molecular weight excluding hydrogens is 354 g/mol. The van der Waals surface area contributed by atoms with Crippen LogP contribution in [0.4, 0.5) is 4.79 Å². The third-order valence-electron chi connectivity index (χ3n) is 6.25. The van der Waals surface area contributed by atoms with E-state index in [9.17, 15) is 9.59 Å². The van der Waals surface area contributed by atoms with Crippen LogP contribution in [0.2, 0.25) is 0 Å². The molecule has 2 heterocycles. The Morgan fingerprint density at radius 2 is 1.82 bits per heavy atom. The van der Waals surface area contributed by atoms with Crippen LogP contribution in [0.15, 0.2) is 18.2 Å². The zero-order valence-corrected chi connectivity index (χ0v) is 16.8. The molecule has 1 N–H and O–H groups in total. The molecule has 6 heteroatoms. The first-order chi connectivity index (χ1) is 13.6. The fraction of sp³-hybridized carbons (Fsp3) is 0.636. The molecule has 2 fully saturated rings. The molecule has 2 aliphatic heterocycles. The summed E-state index contributed by atoms with van der Waals surface area (Å²) in [5, 5.41) is 3.22. The molecule has 1 saturated carbocycles. The van der Waals surface area contributed by atoms with Crippen molar-refractivity contribution >= 4 is 11.9 Å². The first-order valence-corrected chi connectivity index (χ1v) is 10.7. The van der Waals surface area contributed by atoms with Gasteiger partial charge in [-0.2, -0.15) is 0 Å². The van der Waals surface area contributed by atoms with Crippen molar-refractivity contribution in [2.75, 3.05) is 19.7 Å². The third kappa shape index (κ3) is 4.10. The van der Waals surface area contributed by atoms with Crippen molar-refractivity contribution < 1.29 is 14.3 Å². The third-order valence-corrected chi connectivity index (χ3v) is 6.25. The summed E-state index contributed by atoms with van der Waals surface area (Å²) in [6, 6.07) is 5.88. The fourth-order valence-electron chi connectivity index (χ4n) is 4.50. The van der Waals surface area contributed by atoms with E-state index < -0.39 is 0 Å². The molecule has 1 aromatic carbocycles. The first-order valence-electron chi connectivity index (χ1n) is 10.7. The number of hydrogen-bond acceptors (Lipinski definition) is 3. The predicted molar refractivity (Wildman–Crippen MR) is 107 cm³/mol. The molecule has 0 bridgehead atoms. The molecule has 6 nitrogen and oxygen atoms in total.